The van der Waals surface area contributed by atoms with Crippen molar-refractivity contribution >= 4 is 5.69 Å². The number of rotatable bonds is 3. The van der Waals surface area contributed by atoms with Crippen LogP contribution in [-0.4, -0.2) is 34.6 Å². The summed E-state index contributed by atoms with van der Waals surface area (Å²) in [6.45, 7) is 0. The van der Waals surface area contributed by atoms with Crippen molar-refractivity contribution < 1.29 is 0 Å². The van der Waals surface area contributed by atoms with Crippen LogP contribution in [0.1, 0.15) is 25.7 Å². The molecule has 1 aromatic carbocycles. The molecule has 2 bridgehead atoms. The fourth-order valence-corrected chi connectivity index (χ4v) is 4.03. The molecule has 4 rings (SSSR count). The van der Waals surface area contributed by atoms with Gasteiger partial charge in [-0.25, -0.2) is 0 Å². The Hall–Kier alpha value is -1.74. The molecule has 2 aromatic rings. The maximum Gasteiger partial charge on any atom is 0.0469 e. The standard InChI is InChI=1S/C18H23N3/c1-20-16-7-8-17(20)13-15(12-16)19-14-5-4-6-18(11-14)21-9-2-3-10-21/h2-6,9-11,15-17,19H,7-8,12-13H2,1H3. The van der Waals surface area contributed by atoms with Gasteiger partial charge in [0.15, 0.2) is 0 Å². The lowest BCUT2D eigenvalue weighted by Gasteiger charge is -2.37. The van der Waals surface area contributed by atoms with Crippen molar-refractivity contribution in [3.8, 4) is 5.69 Å². The van der Waals surface area contributed by atoms with Crippen LogP contribution < -0.4 is 5.32 Å². The number of benzene rings is 1. The van der Waals surface area contributed by atoms with Crippen molar-refractivity contribution in [2.24, 2.45) is 0 Å². The summed E-state index contributed by atoms with van der Waals surface area (Å²) in [6, 6.07) is 15.1. The number of hydrogen-bond donors (Lipinski definition) is 1. The van der Waals surface area contributed by atoms with Crippen molar-refractivity contribution in [1.82, 2.24) is 9.47 Å². The molecule has 2 fully saturated rings. The number of nitrogens with zero attached hydrogens (tertiary/aromatic N) is 2. The molecule has 3 heterocycles. The molecule has 0 radical (unpaired) electrons. The molecule has 110 valence electrons. The Morgan fingerprint density at radius 1 is 1.00 bits per heavy atom. The van der Waals surface area contributed by atoms with Crippen LogP contribution in [0, 0.1) is 0 Å². The molecule has 2 aliphatic heterocycles. The smallest absolute Gasteiger partial charge is 0.0469 e. The van der Waals surface area contributed by atoms with Gasteiger partial charge in [-0.05, 0) is 63.1 Å². The van der Waals surface area contributed by atoms with E-state index in [0.29, 0.717) is 6.04 Å². The van der Waals surface area contributed by atoms with Crippen LogP contribution in [0.4, 0.5) is 5.69 Å². The van der Waals surface area contributed by atoms with Crippen molar-refractivity contribution in [3.05, 3.63) is 48.8 Å². The zero-order valence-electron chi connectivity index (χ0n) is 12.6. The predicted molar refractivity (Wildman–Crippen MR) is 87.0 cm³/mol. The Morgan fingerprint density at radius 3 is 2.43 bits per heavy atom. The van der Waals surface area contributed by atoms with E-state index in [9.17, 15) is 0 Å². The number of piperidine rings is 1. The number of fused-ring (bicyclic) bond motifs is 2. The zero-order valence-corrected chi connectivity index (χ0v) is 12.6. The third kappa shape index (κ3) is 2.46. The minimum Gasteiger partial charge on any atom is -0.382 e. The zero-order chi connectivity index (χ0) is 14.2. The van der Waals surface area contributed by atoms with Gasteiger partial charge in [0.05, 0.1) is 0 Å². The van der Waals surface area contributed by atoms with Crippen LogP contribution in [-0.2, 0) is 0 Å². The second-order valence-corrected chi connectivity index (χ2v) is 6.50. The molecule has 1 N–H and O–H groups in total. The van der Waals surface area contributed by atoms with Crippen LogP contribution in [0.2, 0.25) is 0 Å². The highest BCUT2D eigenvalue weighted by Gasteiger charge is 2.38. The Morgan fingerprint density at radius 2 is 1.71 bits per heavy atom. The largest absolute Gasteiger partial charge is 0.382 e. The summed E-state index contributed by atoms with van der Waals surface area (Å²) < 4.78 is 2.16. The van der Waals surface area contributed by atoms with E-state index in [1.54, 1.807) is 0 Å². The van der Waals surface area contributed by atoms with Gasteiger partial charge in [-0.1, -0.05) is 6.07 Å². The lowest BCUT2D eigenvalue weighted by molar-refractivity contribution is 0.169. The highest BCUT2D eigenvalue weighted by molar-refractivity contribution is 5.52. The van der Waals surface area contributed by atoms with Crippen LogP contribution in [0.25, 0.3) is 5.69 Å². The van der Waals surface area contributed by atoms with Gasteiger partial charge < -0.3 is 14.8 Å². The average Bonchev–Trinajstić information content (AvgIpc) is 3.08. The predicted octanol–water partition coefficient (Wildman–Crippen LogP) is 3.51. The molecule has 0 aliphatic carbocycles. The Balaban J connectivity index is 1.49. The Labute approximate surface area is 126 Å². The molecule has 3 nitrogen and oxygen atoms in total. The number of hydrogen-bond acceptors (Lipinski definition) is 2. The molecule has 3 heteroatoms. The highest BCUT2D eigenvalue weighted by Crippen LogP contribution is 2.35. The van der Waals surface area contributed by atoms with E-state index in [4.69, 9.17) is 0 Å². The summed E-state index contributed by atoms with van der Waals surface area (Å²) in [7, 11) is 2.30. The highest BCUT2D eigenvalue weighted by atomic mass is 15.2. The maximum absolute atomic E-state index is 3.76. The topological polar surface area (TPSA) is 20.2 Å². The van der Waals surface area contributed by atoms with Crippen molar-refractivity contribution in [2.45, 2.75) is 43.8 Å². The van der Waals surface area contributed by atoms with Gasteiger partial charge in [-0.15, -0.1) is 0 Å². The fraction of sp³-hybridized carbons (Fsp3) is 0.444. The summed E-state index contributed by atoms with van der Waals surface area (Å²) >= 11 is 0. The number of nitrogens with one attached hydrogen (secondary N) is 1. The van der Waals surface area contributed by atoms with E-state index < -0.39 is 0 Å². The normalized spacial score (nSPS) is 28.7. The lowest BCUT2D eigenvalue weighted by atomic mass is 9.98. The van der Waals surface area contributed by atoms with Crippen molar-refractivity contribution in [3.63, 3.8) is 0 Å². The third-order valence-electron chi connectivity index (χ3n) is 5.22. The molecule has 0 amide bonds. The van der Waals surface area contributed by atoms with E-state index >= 15 is 0 Å². The first kappa shape index (κ1) is 13.0. The van der Waals surface area contributed by atoms with Gasteiger partial charge in [0.2, 0.25) is 0 Å². The first-order valence-corrected chi connectivity index (χ1v) is 8.01. The van der Waals surface area contributed by atoms with Gasteiger partial charge in [0, 0.05) is 41.9 Å². The summed E-state index contributed by atoms with van der Waals surface area (Å²) in [5, 5.41) is 3.76. The summed E-state index contributed by atoms with van der Waals surface area (Å²) in [4.78, 5) is 2.59. The van der Waals surface area contributed by atoms with Crippen LogP contribution >= 0.6 is 0 Å². The summed E-state index contributed by atoms with van der Waals surface area (Å²) in [5.74, 6) is 0. The summed E-state index contributed by atoms with van der Waals surface area (Å²) in [5.41, 5.74) is 2.47. The quantitative estimate of drug-likeness (QED) is 0.929. The van der Waals surface area contributed by atoms with Crippen molar-refractivity contribution in [1.29, 1.82) is 0 Å². The molecule has 21 heavy (non-hydrogen) atoms. The molecular formula is C18H23N3. The fourth-order valence-electron chi connectivity index (χ4n) is 4.03. The average molecular weight is 281 g/mol. The molecule has 1 aromatic heterocycles. The van der Waals surface area contributed by atoms with Gasteiger partial charge in [-0.3, -0.25) is 0 Å². The first-order valence-electron chi connectivity index (χ1n) is 8.01. The van der Waals surface area contributed by atoms with Gasteiger partial charge >= 0.3 is 0 Å². The minimum absolute atomic E-state index is 0.624. The lowest BCUT2D eigenvalue weighted by Crippen LogP contribution is -2.44. The number of aromatic nitrogens is 1. The van der Waals surface area contributed by atoms with Gasteiger partial charge in [0.25, 0.3) is 0 Å². The Bertz CT molecular complexity index is 591. The first-order chi connectivity index (χ1) is 10.3. The van der Waals surface area contributed by atoms with Gasteiger partial charge in [-0.2, -0.15) is 0 Å². The van der Waals surface area contributed by atoms with Crippen LogP contribution in [0.15, 0.2) is 48.8 Å². The number of anilines is 1. The van der Waals surface area contributed by atoms with Gasteiger partial charge in [0.1, 0.15) is 0 Å². The second kappa shape index (κ2) is 5.23. The molecule has 2 aliphatic rings. The van der Waals surface area contributed by atoms with E-state index in [0.717, 1.165) is 12.1 Å². The third-order valence-corrected chi connectivity index (χ3v) is 5.22. The molecular weight excluding hydrogens is 258 g/mol. The molecule has 2 atom stereocenters. The van der Waals surface area contributed by atoms with E-state index in [1.807, 2.05) is 0 Å². The molecule has 0 saturated carbocycles. The SMILES string of the molecule is CN1C2CCC1CC(Nc1cccc(-n3cccc3)c1)C2. The monoisotopic (exact) mass is 281 g/mol. The van der Waals surface area contributed by atoms with Crippen LogP contribution in [0.5, 0.6) is 0 Å². The van der Waals surface area contributed by atoms with E-state index in [1.165, 1.54) is 37.1 Å². The molecule has 2 saturated heterocycles. The summed E-state index contributed by atoms with van der Waals surface area (Å²) in [6.07, 6.45) is 9.50. The van der Waals surface area contributed by atoms with Crippen molar-refractivity contribution in [2.75, 3.05) is 12.4 Å². The Kier molecular flexibility index (Phi) is 3.23. The van der Waals surface area contributed by atoms with E-state index in [2.05, 4.69) is 70.6 Å². The molecule has 0 spiro atoms. The molecule has 2 unspecified atom stereocenters. The maximum atomic E-state index is 3.76. The van der Waals surface area contributed by atoms with Crippen LogP contribution in [0.3, 0.4) is 0 Å². The second-order valence-electron chi connectivity index (χ2n) is 6.50. The van der Waals surface area contributed by atoms with E-state index in [-0.39, 0.29) is 0 Å². The minimum atomic E-state index is 0.624.